The van der Waals surface area contributed by atoms with E-state index in [4.69, 9.17) is 4.74 Å². The van der Waals surface area contributed by atoms with Gasteiger partial charge < -0.3 is 20.3 Å². The van der Waals surface area contributed by atoms with Crippen LogP contribution in [0.5, 0.6) is 0 Å². The van der Waals surface area contributed by atoms with Crippen molar-refractivity contribution >= 4 is 17.9 Å². The first kappa shape index (κ1) is 31.5. The summed E-state index contributed by atoms with van der Waals surface area (Å²) in [6.07, 6.45) is 2.93. The van der Waals surface area contributed by atoms with Crippen LogP contribution in [0.3, 0.4) is 0 Å². The lowest BCUT2D eigenvalue weighted by Crippen LogP contribution is -2.60. The second kappa shape index (κ2) is 13.7. The molecule has 1 aromatic rings. The molecule has 0 aliphatic heterocycles. The van der Waals surface area contributed by atoms with E-state index in [-0.39, 0.29) is 17.7 Å². The van der Waals surface area contributed by atoms with Gasteiger partial charge in [0.2, 0.25) is 11.8 Å². The molecular formula is C29H49N3O4. The van der Waals surface area contributed by atoms with E-state index in [1.807, 2.05) is 65.8 Å². The number of aryl methyl sites for hydroxylation is 1. The fraction of sp³-hybridized carbons (Fsp3) is 0.690. The Labute approximate surface area is 218 Å². The number of hydrogen-bond acceptors (Lipinski definition) is 4. The van der Waals surface area contributed by atoms with E-state index in [2.05, 4.69) is 17.6 Å². The Morgan fingerprint density at radius 2 is 1.56 bits per heavy atom. The van der Waals surface area contributed by atoms with Gasteiger partial charge in [-0.3, -0.25) is 9.59 Å². The number of hydrogen-bond donors (Lipinski definition) is 2. The minimum Gasteiger partial charge on any atom is -0.444 e. The van der Waals surface area contributed by atoms with Crippen LogP contribution in [0.25, 0.3) is 0 Å². The second-order valence-corrected chi connectivity index (χ2v) is 11.6. The van der Waals surface area contributed by atoms with E-state index < -0.39 is 29.3 Å². The fourth-order valence-corrected chi connectivity index (χ4v) is 3.89. The number of rotatable bonds is 12. The molecule has 204 valence electrons. The van der Waals surface area contributed by atoms with Gasteiger partial charge in [-0.1, -0.05) is 70.4 Å². The predicted octanol–water partition coefficient (Wildman–Crippen LogP) is 5.91. The van der Waals surface area contributed by atoms with Crippen LogP contribution in [0.2, 0.25) is 0 Å². The Kier molecular flexibility index (Phi) is 11.9. The van der Waals surface area contributed by atoms with Crippen LogP contribution in [0.4, 0.5) is 4.79 Å². The molecule has 0 bridgehead atoms. The normalized spacial score (nSPS) is 13.6. The SMILES string of the molecule is CCCCCNC(=O)C(c1ccc(C)cc1)N(C(=O)C(NC(=O)OC(C)(C)C)C(C)C)C(C)(C)CC. The summed E-state index contributed by atoms with van der Waals surface area (Å²) < 4.78 is 5.44. The molecule has 2 N–H and O–H groups in total. The number of alkyl carbamates (subject to hydrolysis) is 1. The van der Waals surface area contributed by atoms with Crippen LogP contribution in [-0.4, -0.2) is 46.5 Å². The Morgan fingerprint density at radius 1 is 0.972 bits per heavy atom. The van der Waals surface area contributed by atoms with Crippen molar-refractivity contribution in [2.24, 2.45) is 5.92 Å². The largest absolute Gasteiger partial charge is 0.444 e. The molecule has 0 aliphatic carbocycles. The van der Waals surface area contributed by atoms with Crippen molar-refractivity contribution in [1.29, 1.82) is 0 Å². The molecule has 0 radical (unpaired) electrons. The van der Waals surface area contributed by atoms with Gasteiger partial charge in [0.05, 0.1) is 0 Å². The van der Waals surface area contributed by atoms with E-state index in [0.29, 0.717) is 13.0 Å². The molecule has 1 aromatic carbocycles. The molecule has 0 aromatic heterocycles. The van der Waals surface area contributed by atoms with Gasteiger partial charge in [0.25, 0.3) is 0 Å². The van der Waals surface area contributed by atoms with E-state index in [1.165, 1.54) is 0 Å². The highest BCUT2D eigenvalue weighted by Crippen LogP contribution is 2.33. The second-order valence-electron chi connectivity index (χ2n) is 11.6. The first-order chi connectivity index (χ1) is 16.6. The molecule has 36 heavy (non-hydrogen) atoms. The fourth-order valence-electron chi connectivity index (χ4n) is 3.89. The minimum absolute atomic E-state index is 0.216. The van der Waals surface area contributed by atoms with Crippen molar-refractivity contribution in [3.05, 3.63) is 35.4 Å². The molecule has 0 saturated carbocycles. The number of amides is 3. The Morgan fingerprint density at radius 3 is 2.03 bits per heavy atom. The maximum Gasteiger partial charge on any atom is 0.408 e. The lowest BCUT2D eigenvalue weighted by Gasteiger charge is -2.45. The Balaban J connectivity index is 3.52. The first-order valence-electron chi connectivity index (χ1n) is 13.3. The van der Waals surface area contributed by atoms with Crippen molar-refractivity contribution in [3.8, 4) is 0 Å². The summed E-state index contributed by atoms with van der Waals surface area (Å²) in [5.74, 6) is -0.743. The smallest absolute Gasteiger partial charge is 0.408 e. The predicted molar refractivity (Wildman–Crippen MR) is 146 cm³/mol. The molecule has 3 amide bonds. The van der Waals surface area contributed by atoms with Crippen LogP contribution in [0.15, 0.2) is 24.3 Å². The molecule has 2 unspecified atom stereocenters. The monoisotopic (exact) mass is 503 g/mol. The van der Waals surface area contributed by atoms with Crippen molar-refractivity contribution in [3.63, 3.8) is 0 Å². The molecule has 7 nitrogen and oxygen atoms in total. The molecule has 0 spiro atoms. The average molecular weight is 504 g/mol. The molecule has 0 aliphatic rings. The number of unbranched alkanes of at least 4 members (excludes halogenated alkanes) is 2. The molecule has 1 rings (SSSR count). The van der Waals surface area contributed by atoms with Gasteiger partial charge in [0.1, 0.15) is 17.7 Å². The quantitative estimate of drug-likeness (QED) is 0.347. The van der Waals surface area contributed by atoms with Crippen molar-refractivity contribution in [1.82, 2.24) is 15.5 Å². The molecule has 0 heterocycles. The molecule has 7 heteroatoms. The number of carbonyl (C=O) groups is 3. The highest BCUT2D eigenvalue weighted by atomic mass is 16.6. The van der Waals surface area contributed by atoms with Gasteiger partial charge in [0.15, 0.2) is 0 Å². The van der Waals surface area contributed by atoms with Crippen LogP contribution in [0, 0.1) is 12.8 Å². The molecule has 0 fully saturated rings. The van der Waals surface area contributed by atoms with Gasteiger partial charge in [0, 0.05) is 12.1 Å². The van der Waals surface area contributed by atoms with Gasteiger partial charge in [-0.2, -0.15) is 0 Å². The third kappa shape index (κ3) is 9.47. The van der Waals surface area contributed by atoms with Crippen molar-refractivity contribution in [2.75, 3.05) is 6.54 Å². The zero-order valence-electron chi connectivity index (χ0n) is 24.2. The van der Waals surface area contributed by atoms with E-state index in [0.717, 1.165) is 30.4 Å². The van der Waals surface area contributed by atoms with E-state index in [9.17, 15) is 14.4 Å². The first-order valence-corrected chi connectivity index (χ1v) is 13.3. The number of benzene rings is 1. The number of ether oxygens (including phenoxy) is 1. The van der Waals surface area contributed by atoms with Crippen LogP contribution in [0.1, 0.15) is 105 Å². The third-order valence-corrected chi connectivity index (χ3v) is 6.34. The van der Waals surface area contributed by atoms with Crippen LogP contribution in [-0.2, 0) is 14.3 Å². The highest BCUT2D eigenvalue weighted by molar-refractivity contribution is 5.92. The number of carbonyl (C=O) groups excluding carboxylic acids is 3. The molecular weight excluding hydrogens is 454 g/mol. The summed E-state index contributed by atoms with van der Waals surface area (Å²) in [7, 11) is 0. The Hall–Kier alpha value is -2.57. The summed E-state index contributed by atoms with van der Waals surface area (Å²) in [5.41, 5.74) is 0.457. The lowest BCUT2D eigenvalue weighted by atomic mass is 9.90. The standard InChI is InChI=1S/C29H49N3O4/c1-11-13-14-19-30-25(33)24(22-17-15-21(5)16-18-22)32(29(9,10)12-2)26(34)23(20(3)4)31-27(35)36-28(6,7)8/h15-18,20,23-24H,11-14,19H2,1-10H3,(H,30,33)(H,31,35). The van der Waals surface area contributed by atoms with Crippen molar-refractivity contribution in [2.45, 2.75) is 118 Å². The van der Waals surface area contributed by atoms with E-state index >= 15 is 0 Å². The number of nitrogens with zero attached hydrogens (tertiary/aromatic N) is 1. The zero-order chi connectivity index (χ0) is 27.7. The Bertz CT molecular complexity index is 856. The zero-order valence-corrected chi connectivity index (χ0v) is 24.2. The lowest BCUT2D eigenvalue weighted by molar-refractivity contribution is -0.150. The van der Waals surface area contributed by atoms with Gasteiger partial charge in [-0.15, -0.1) is 0 Å². The molecule has 2 atom stereocenters. The van der Waals surface area contributed by atoms with Gasteiger partial charge in [-0.25, -0.2) is 4.79 Å². The van der Waals surface area contributed by atoms with Crippen LogP contribution >= 0.6 is 0 Å². The topological polar surface area (TPSA) is 87.7 Å². The number of nitrogens with one attached hydrogen (secondary N) is 2. The molecule has 0 saturated heterocycles. The third-order valence-electron chi connectivity index (χ3n) is 6.34. The summed E-state index contributed by atoms with van der Waals surface area (Å²) >= 11 is 0. The minimum atomic E-state index is -0.855. The summed E-state index contributed by atoms with van der Waals surface area (Å²) in [4.78, 5) is 42.2. The van der Waals surface area contributed by atoms with Crippen molar-refractivity contribution < 1.29 is 19.1 Å². The summed E-state index contributed by atoms with van der Waals surface area (Å²) in [5, 5.41) is 5.84. The summed E-state index contributed by atoms with van der Waals surface area (Å²) in [6, 6.07) is 6.02. The van der Waals surface area contributed by atoms with Gasteiger partial charge >= 0.3 is 6.09 Å². The maximum atomic E-state index is 14.2. The average Bonchev–Trinajstić information content (AvgIpc) is 2.77. The van der Waals surface area contributed by atoms with E-state index in [1.54, 1.807) is 25.7 Å². The maximum absolute atomic E-state index is 14.2. The van der Waals surface area contributed by atoms with Gasteiger partial charge in [-0.05, 0) is 65.9 Å². The highest BCUT2D eigenvalue weighted by Gasteiger charge is 2.43. The van der Waals surface area contributed by atoms with Crippen LogP contribution < -0.4 is 10.6 Å². The summed E-state index contributed by atoms with van der Waals surface area (Å²) in [6.45, 7) is 19.7.